The number of benzene rings is 1. The standard InChI is InChI=1S/C25H31NO4S/c1-25(2)19-11-16(7-9-27)23(21(25)12-19)26(24(28)18-8-10-31-15-18)14-17-5-6-20(29-3)13-22(17)30-4/h5-6,8-10,13,15-16,19,21,23H,7,11-12,14H2,1-4H3/t16-,19-,21-,23+/m0/s1. The molecule has 5 nitrogen and oxygen atoms in total. The van der Waals surface area contributed by atoms with E-state index in [2.05, 4.69) is 13.8 Å². The average Bonchev–Trinajstić information content (AvgIpc) is 3.32. The van der Waals surface area contributed by atoms with Crippen molar-refractivity contribution in [2.75, 3.05) is 14.2 Å². The number of nitrogens with zero attached hydrogens (tertiary/aromatic N) is 1. The summed E-state index contributed by atoms with van der Waals surface area (Å²) in [5, 5.41) is 3.85. The Balaban J connectivity index is 1.74. The highest BCUT2D eigenvalue weighted by molar-refractivity contribution is 7.08. The zero-order valence-electron chi connectivity index (χ0n) is 18.7. The molecule has 3 saturated carbocycles. The van der Waals surface area contributed by atoms with Gasteiger partial charge in [0.25, 0.3) is 5.91 Å². The highest BCUT2D eigenvalue weighted by Gasteiger charge is 2.59. The van der Waals surface area contributed by atoms with E-state index in [0.717, 1.165) is 30.4 Å². The van der Waals surface area contributed by atoms with Gasteiger partial charge in [0.05, 0.1) is 19.8 Å². The molecule has 0 aliphatic heterocycles. The number of carbonyl (C=O) groups excluding carboxylic acids is 2. The highest BCUT2D eigenvalue weighted by atomic mass is 32.1. The lowest BCUT2D eigenvalue weighted by molar-refractivity contribution is -0.145. The van der Waals surface area contributed by atoms with Crippen LogP contribution in [0.25, 0.3) is 0 Å². The lowest BCUT2D eigenvalue weighted by Crippen LogP contribution is -2.64. The molecule has 2 aromatic rings. The van der Waals surface area contributed by atoms with Gasteiger partial charge in [0.1, 0.15) is 17.8 Å². The van der Waals surface area contributed by atoms with Crippen molar-refractivity contribution < 1.29 is 19.1 Å². The van der Waals surface area contributed by atoms with Crippen LogP contribution in [0.5, 0.6) is 11.5 Å². The second kappa shape index (κ2) is 8.65. The quantitative estimate of drug-likeness (QED) is 0.538. The van der Waals surface area contributed by atoms with Gasteiger partial charge < -0.3 is 19.2 Å². The van der Waals surface area contributed by atoms with Crippen LogP contribution in [0.3, 0.4) is 0 Å². The van der Waals surface area contributed by atoms with Crippen LogP contribution in [0.15, 0.2) is 35.0 Å². The Morgan fingerprint density at radius 3 is 2.65 bits per heavy atom. The van der Waals surface area contributed by atoms with Gasteiger partial charge in [-0.05, 0) is 59.6 Å². The van der Waals surface area contributed by atoms with Crippen molar-refractivity contribution in [3.8, 4) is 11.5 Å². The molecule has 2 bridgehead atoms. The zero-order chi connectivity index (χ0) is 22.2. The molecular formula is C25H31NO4S. The maximum atomic E-state index is 13.7. The minimum absolute atomic E-state index is 0.0289. The number of hydrogen-bond donors (Lipinski definition) is 0. The number of thiophene rings is 1. The Kier molecular flexibility index (Phi) is 6.11. The normalized spacial score (nSPS) is 25.9. The zero-order valence-corrected chi connectivity index (χ0v) is 19.5. The number of fused-ring (bicyclic) bond motifs is 2. The number of rotatable bonds is 8. The van der Waals surface area contributed by atoms with E-state index in [1.807, 2.05) is 39.9 Å². The van der Waals surface area contributed by atoms with Gasteiger partial charge in [0, 0.05) is 36.0 Å². The second-order valence-corrected chi connectivity index (χ2v) is 10.2. The van der Waals surface area contributed by atoms with Gasteiger partial charge >= 0.3 is 0 Å². The first-order valence-corrected chi connectivity index (χ1v) is 11.8. The molecule has 1 aromatic carbocycles. The Bertz CT molecular complexity index is 939. The minimum atomic E-state index is 0.0289. The van der Waals surface area contributed by atoms with E-state index in [9.17, 15) is 9.59 Å². The monoisotopic (exact) mass is 441 g/mol. The van der Waals surface area contributed by atoms with Crippen LogP contribution in [0.1, 0.15) is 49.0 Å². The molecule has 4 atom stereocenters. The number of amides is 1. The molecule has 1 heterocycles. The fourth-order valence-corrected chi connectivity index (χ4v) is 6.36. The van der Waals surface area contributed by atoms with Crippen molar-refractivity contribution in [2.45, 2.75) is 45.7 Å². The molecule has 31 heavy (non-hydrogen) atoms. The molecule has 1 aromatic heterocycles. The molecule has 1 amide bonds. The fourth-order valence-electron chi connectivity index (χ4n) is 5.73. The van der Waals surface area contributed by atoms with Gasteiger partial charge in [0.15, 0.2) is 0 Å². The van der Waals surface area contributed by atoms with Gasteiger partial charge in [-0.3, -0.25) is 4.79 Å². The second-order valence-electron chi connectivity index (χ2n) is 9.37. The summed E-state index contributed by atoms with van der Waals surface area (Å²) in [5.74, 6) is 2.67. The summed E-state index contributed by atoms with van der Waals surface area (Å²) in [4.78, 5) is 27.3. The number of aldehydes is 1. The predicted octanol–water partition coefficient (Wildman–Crippen LogP) is 5.05. The Morgan fingerprint density at radius 2 is 2.03 bits per heavy atom. The summed E-state index contributed by atoms with van der Waals surface area (Å²) in [7, 11) is 3.26. The molecular weight excluding hydrogens is 410 g/mol. The third-order valence-electron chi connectivity index (χ3n) is 7.65. The number of carbonyl (C=O) groups is 2. The summed E-state index contributed by atoms with van der Waals surface area (Å²) in [6.45, 7) is 5.08. The molecule has 0 saturated heterocycles. The van der Waals surface area contributed by atoms with Gasteiger partial charge in [-0.2, -0.15) is 11.3 Å². The van der Waals surface area contributed by atoms with Crippen LogP contribution >= 0.6 is 11.3 Å². The molecule has 5 rings (SSSR count). The fraction of sp³-hybridized carbons (Fsp3) is 0.520. The SMILES string of the molecule is COc1ccc(CN(C(=O)c2ccsc2)[C@@H]2[C@@H](CC=O)C[C@H]3C[C@@H]2C3(C)C)c(OC)c1. The summed E-state index contributed by atoms with van der Waals surface area (Å²) >= 11 is 1.53. The number of methoxy groups -OCH3 is 2. The first kappa shape index (κ1) is 21.9. The van der Waals surface area contributed by atoms with Gasteiger partial charge in [-0.1, -0.05) is 13.8 Å². The molecule has 0 radical (unpaired) electrons. The largest absolute Gasteiger partial charge is 0.497 e. The topological polar surface area (TPSA) is 55.8 Å². The molecule has 0 spiro atoms. The number of hydrogen-bond acceptors (Lipinski definition) is 5. The van der Waals surface area contributed by atoms with E-state index in [-0.39, 0.29) is 23.3 Å². The lowest BCUT2D eigenvalue weighted by Gasteiger charge is -2.64. The first-order chi connectivity index (χ1) is 14.9. The third kappa shape index (κ3) is 3.86. The highest BCUT2D eigenvalue weighted by Crippen LogP contribution is 2.62. The molecule has 3 aliphatic carbocycles. The van der Waals surface area contributed by atoms with E-state index in [0.29, 0.717) is 36.1 Å². The smallest absolute Gasteiger partial charge is 0.255 e. The van der Waals surface area contributed by atoms with E-state index in [1.54, 1.807) is 14.2 Å². The molecule has 0 unspecified atom stereocenters. The van der Waals surface area contributed by atoms with Crippen LogP contribution in [0.2, 0.25) is 0 Å². The molecule has 166 valence electrons. The summed E-state index contributed by atoms with van der Waals surface area (Å²) in [6, 6.07) is 7.65. The minimum Gasteiger partial charge on any atom is -0.497 e. The third-order valence-corrected chi connectivity index (χ3v) is 8.33. The van der Waals surface area contributed by atoms with E-state index >= 15 is 0 Å². The molecule has 3 fully saturated rings. The summed E-state index contributed by atoms with van der Waals surface area (Å²) in [6.07, 6.45) is 3.65. The van der Waals surface area contributed by atoms with Crippen LogP contribution in [0.4, 0.5) is 0 Å². The van der Waals surface area contributed by atoms with Crippen molar-refractivity contribution in [1.82, 2.24) is 4.90 Å². The Hall–Kier alpha value is -2.34. The Labute approximate surface area is 188 Å². The van der Waals surface area contributed by atoms with Crippen LogP contribution in [0, 0.1) is 23.2 Å². The molecule has 0 N–H and O–H groups in total. The van der Waals surface area contributed by atoms with Crippen LogP contribution in [-0.2, 0) is 11.3 Å². The van der Waals surface area contributed by atoms with E-state index in [4.69, 9.17) is 9.47 Å². The predicted molar refractivity (Wildman–Crippen MR) is 122 cm³/mol. The van der Waals surface area contributed by atoms with Gasteiger partial charge in [-0.25, -0.2) is 0 Å². The maximum Gasteiger partial charge on any atom is 0.255 e. The summed E-state index contributed by atoms with van der Waals surface area (Å²) < 4.78 is 11.0. The first-order valence-electron chi connectivity index (χ1n) is 10.9. The average molecular weight is 442 g/mol. The maximum absolute atomic E-state index is 13.7. The number of ether oxygens (including phenoxy) is 2. The van der Waals surface area contributed by atoms with E-state index in [1.165, 1.54) is 11.3 Å². The van der Waals surface area contributed by atoms with Gasteiger partial charge in [0.2, 0.25) is 0 Å². The Morgan fingerprint density at radius 1 is 1.23 bits per heavy atom. The summed E-state index contributed by atoms with van der Waals surface area (Å²) in [5.41, 5.74) is 1.83. The van der Waals surface area contributed by atoms with Crippen molar-refractivity contribution >= 4 is 23.5 Å². The van der Waals surface area contributed by atoms with Crippen molar-refractivity contribution in [3.63, 3.8) is 0 Å². The van der Waals surface area contributed by atoms with Gasteiger partial charge in [-0.15, -0.1) is 0 Å². The lowest BCUT2D eigenvalue weighted by atomic mass is 9.44. The van der Waals surface area contributed by atoms with Crippen molar-refractivity contribution in [3.05, 3.63) is 46.2 Å². The molecule has 6 heteroatoms. The van der Waals surface area contributed by atoms with Crippen LogP contribution in [-0.4, -0.2) is 37.4 Å². The molecule has 3 aliphatic rings. The van der Waals surface area contributed by atoms with E-state index < -0.39 is 0 Å². The van der Waals surface area contributed by atoms with Crippen LogP contribution < -0.4 is 9.47 Å². The van der Waals surface area contributed by atoms with Crippen molar-refractivity contribution in [2.24, 2.45) is 23.2 Å². The van der Waals surface area contributed by atoms with Crippen molar-refractivity contribution in [1.29, 1.82) is 0 Å².